The van der Waals surface area contributed by atoms with Crippen molar-refractivity contribution in [3.05, 3.63) is 33.9 Å². The Balaban J connectivity index is 2.09. The number of para-hydroxylation sites is 1. The molecule has 0 amide bonds. The molecule has 0 spiro atoms. The maximum Gasteiger partial charge on any atom is 0.292 e. The van der Waals surface area contributed by atoms with Gasteiger partial charge < -0.3 is 10.2 Å². The van der Waals surface area contributed by atoms with Crippen molar-refractivity contribution < 1.29 is 4.92 Å². The molecule has 1 saturated heterocycles. The second-order valence-electron chi connectivity index (χ2n) is 5.52. The van der Waals surface area contributed by atoms with E-state index >= 15 is 0 Å². The summed E-state index contributed by atoms with van der Waals surface area (Å²) in [6.45, 7) is 4.84. The van der Waals surface area contributed by atoms with Crippen molar-refractivity contribution >= 4 is 11.4 Å². The largest absolute Gasteiger partial charge is 0.366 e. The molecule has 1 fully saturated rings. The molecule has 1 aromatic rings. The summed E-state index contributed by atoms with van der Waals surface area (Å²) in [4.78, 5) is 13.1. The van der Waals surface area contributed by atoms with E-state index in [0.29, 0.717) is 0 Å². The van der Waals surface area contributed by atoms with E-state index in [1.807, 2.05) is 20.0 Å². The van der Waals surface area contributed by atoms with Gasteiger partial charge in [-0.15, -0.1) is 0 Å². The van der Waals surface area contributed by atoms with Crippen LogP contribution in [-0.2, 0) is 0 Å². The zero-order valence-electron chi connectivity index (χ0n) is 12.3. The van der Waals surface area contributed by atoms with Gasteiger partial charge in [0.15, 0.2) is 0 Å². The average Bonchev–Trinajstić information content (AvgIpc) is 2.45. The Bertz CT molecular complexity index is 468. The molecular formula is C15H23N3O2. The summed E-state index contributed by atoms with van der Waals surface area (Å²) in [5.74, 6) is 0.738. The summed E-state index contributed by atoms with van der Waals surface area (Å²) in [7, 11) is 1.98. The maximum absolute atomic E-state index is 11.2. The van der Waals surface area contributed by atoms with Gasteiger partial charge in [-0.25, -0.2) is 0 Å². The smallest absolute Gasteiger partial charge is 0.292 e. The third-order valence-corrected chi connectivity index (χ3v) is 4.15. The van der Waals surface area contributed by atoms with Gasteiger partial charge in [0.2, 0.25) is 0 Å². The van der Waals surface area contributed by atoms with Crippen LogP contribution in [0.3, 0.4) is 0 Å². The highest BCUT2D eigenvalue weighted by atomic mass is 16.6. The van der Waals surface area contributed by atoms with Crippen LogP contribution in [0, 0.1) is 23.0 Å². The average molecular weight is 277 g/mol. The Morgan fingerprint density at radius 3 is 2.70 bits per heavy atom. The third-order valence-electron chi connectivity index (χ3n) is 4.15. The zero-order valence-corrected chi connectivity index (χ0v) is 12.3. The quantitative estimate of drug-likeness (QED) is 0.664. The number of nitrogens with one attached hydrogen (secondary N) is 1. The summed E-state index contributed by atoms with van der Waals surface area (Å²) in [5.41, 5.74) is 2.04. The van der Waals surface area contributed by atoms with Gasteiger partial charge in [-0.3, -0.25) is 10.1 Å². The number of nitro benzene ring substituents is 1. The lowest BCUT2D eigenvalue weighted by Crippen LogP contribution is -2.35. The van der Waals surface area contributed by atoms with E-state index in [1.165, 1.54) is 6.42 Å². The van der Waals surface area contributed by atoms with E-state index in [-0.39, 0.29) is 10.6 Å². The van der Waals surface area contributed by atoms with Crippen LogP contribution >= 0.6 is 0 Å². The molecule has 1 N–H and O–H groups in total. The lowest BCUT2D eigenvalue weighted by molar-refractivity contribution is -0.384. The molecule has 5 heteroatoms. The van der Waals surface area contributed by atoms with Crippen molar-refractivity contribution in [2.75, 3.05) is 31.6 Å². The second-order valence-corrected chi connectivity index (χ2v) is 5.52. The Labute approximate surface area is 120 Å². The highest BCUT2D eigenvalue weighted by Crippen LogP contribution is 2.34. The molecule has 1 aromatic carbocycles. The SMILES string of the molecule is CNCCC1CCN(c2c(C)cccc2[N+](=O)[O-])CC1. The number of hydrogen-bond donors (Lipinski definition) is 1. The summed E-state index contributed by atoms with van der Waals surface area (Å²) >= 11 is 0. The first kappa shape index (κ1) is 14.8. The van der Waals surface area contributed by atoms with Crippen LogP contribution in [0.4, 0.5) is 11.4 Å². The van der Waals surface area contributed by atoms with Gasteiger partial charge in [0.05, 0.1) is 4.92 Å². The van der Waals surface area contributed by atoms with Crippen LogP contribution in [0.15, 0.2) is 18.2 Å². The van der Waals surface area contributed by atoms with Crippen LogP contribution in [0.2, 0.25) is 0 Å². The molecule has 0 radical (unpaired) electrons. The standard InChI is InChI=1S/C15H23N3O2/c1-12-4-3-5-14(18(19)20)15(12)17-10-7-13(8-11-17)6-9-16-2/h3-5,13,16H,6-11H2,1-2H3. The number of rotatable bonds is 5. The Kier molecular flexibility index (Phi) is 4.95. The molecule has 0 aromatic heterocycles. The second kappa shape index (κ2) is 6.70. The monoisotopic (exact) mass is 277 g/mol. The summed E-state index contributed by atoms with van der Waals surface area (Å²) in [6, 6.07) is 5.32. The van der Waals surface area contributed by atoms with Crippen molar-refractivity contribution in [2.24, 2.45) is 5.92 Å². The highest BCUT2D eigenvalue weighted by molar-refractivity contribution is 5.67. The number of piperidine rings is 1. The number of anilines is 1. The van der Waals surface area contributed by atoms with Gasteiger partial charge in [0.1, 0.15) is 5.69 Å². The lowest BCUT2D eigenvalue weighted by Gasteiger charge is -2.34. The predicted molar refractivity (Wildman–Crippen MR) is 81.3 cm³/mol. The number of aryl methyl sites for hydroxylation is 1. The first-order chi connectivity index (χ1) is 9.63. The van der Waals surface area contributed by atoms with Crippen molar-refractivity contribution in [3.8, 4) is 0 Å². The van der Waals surface area contributed by atoms with Gasteiger partial charge >= 0.3 is 0 Å². The topological polar surface area (TPSA) is 58.4 Å². The van der Waals surface area contributed by atoms with Crippen LogP contribution < -0.4 is 10.2 Å². The first-order valence-corrected chi connectivity index (χ1v) is 7.27. The minimum absolute atomic E-state index is 0.235. The number of hydrogen-bond acceptors (Lipinski definition) is 4. The summed E-state index contributed by atoms with van der Waals surface area (Å²) in [5, 5.41) is 14.4. The van der Waals surface area contributed by atoms with Crippen molar-refractivity contribution in [1.29, 1.82) is 0 Å². The summed E-state index contributed by atoms with van der Waals surface area (Å²) in [6.07, 6.45) is 3.43. The highest BCUT2D eigenvalue weighted by Gasteiger charge is 2.25. The van der Waals surface area contributed by atoms with Crippen LogP contribution in [0.1, 0.15) is 24.8 Å². The minimum Gasteiger partial charge on any atom is -0.366 e. The minimum atomic E-state index is -0.268. The Hall–Kier alpha value is -1.62. The number of nitrogens with zero attached hydrogens (tertiary/aromatic N) is 2. The van der Waals surface area contributed by atoms with Crippen molar-refractivity contribution in [2.45, 2.75) is 26.2 Å². The molecule has 1 aliphatic rings. The van der Waals surface area contributed by atoms with E-state index in [0.717, 1.165) is 49.6 Å². The van der Waals surface area contributed by atoms with Crippen molar-refractivity contribution in [3.63, 3.8) is 0 Å². The molecule has 5 nitrogen and oxygen atoms in total. The molecule has 0 saturated carbocycles. The van der Waals surface area contributed by atoms with E-state index in [9.17, 15) is 10.1 Å². The van der Waals surface area contributed by atoms with Crippen LogP contribution in [0.5, 0.6) is 0 Å². The maximum atomic E-state index is 11.2. The van der Waals surface area contributed by atoms with Crippen LogP contribution in [-0.4, -0.2) is 31.6 Å². The van der Waals surface area contributed by atoms with Crippen molar-refractivity contribution in [1.82, 2.24) is 5.32 Å². The van der Waals surface area contributed by atoms with E-state index in [2.05, 4.69) is 10.2 Å². The van der Waals surface area contributed by atoms with Gasteiger partial charge in [-0.2, -0.15) is 0 Å². The molecule has 20 heavy (non-hydrogen) atoms. The fraction of sp³-hybridized carbons (Fsp3) is 0.600. The van der Waals surface area contributed by atoms with E-state index < -0.39 is 0 Å². The molecular weight excluding hydrogens is 254 g/mol. The fourth-order valence-electron chi connectivity index (χ4n) is 3.00. The fourth-order valence-corrected chi connectivity index (χ4v) is 3.00. The van der Waals surface area contributed by atoms with Gasteiger partial charge in [-0.05, 0) is 51.3 Å². The molecule has 0 unspecified atom stereocenters. The van der Waals surface area contributed by atoms with Crippen LogP contribution in [0.25, 0.3) is 0 Å². The number of benzene rings is 1. The molecule has 1 heterocycles. The molecule has 0 atom stereocenters. The van der Waals surface area contributed by atoms with Gasteiger partial charge in [0.25, 0.3) is 5.69 Å². The van der Waals surface area contributed by atoms with Gasteiger partial charge in [-0.1, -0.05) is 12.1 Å². The first-order valence-electron chi connectivity index (χ1n) is 7.27. The lowest BCUT2D eigenvalue weighted by atomic mass is 9.93. The Morgan fingerprint density at radius 1 is 1.40 bits per heavy atom. The molecule has 110 valence electrons. The van der Waals surface area contributed by atoms with Gasteiger partial charge in [0, 0.05) is 19.2 Å². The molecule has 0 bridgehead atoms. The normalized spacial score (nSPS) is 16.4. The molecule has 2 rings (SSSR count). The zero-order chi connectivity index (χ0) is 14.5. The summed E-state index contributed by atoms with van der Waals surface area (Å²) < 4.78 is 0. The van der Waals surface area contributed by atoms with E-state index in [4.69, 9.17) is 0 Å². The predicted octanol–water partition coefficient (Wildman–Crippen LogP) is 2.73. The number of nitro groups is 1. The Morgan fingerprint density at radius 2 is 2.10 bits per heavy atom. The van der Waals surface area contributed by atoms with E-state index in [1.54, 1.807) is 12.1 Å². The molecule has 1 aliphatic heterocycles. The third kappa shape index (κ3) is 3.28. The molecule has 0 aliphatic carbocycles.